The number of rotatable bonds is 9. The van der Waals surface area contributed by atoms with Crippen molar-refractivity contribution < 1.29 is 19.1 Å². The second-order valence-electron chi connectivity index (χ2n) is 7.61. The predicted octanol–water partition coefficient (Wildman–Crippen LogP) is 4.00. The molecule has 0 fully saturated rings. The minimum absolute atomic E-state index is 0.0427. The summed E-state index contributed by atoms with van der Waals surface area (Å²) in [4.78, 5) is 24.4. The fraction of sp³-hybridized carbons (Fsp3) is 0.261. The number of carboxylic acids is 1. The van der Waals surface area contributed by atoms with E-state index in [1.54, 1.807) is 31.2 Å². The van der Waals surface area contributed by atoms with E-state index in [9.17, 15) is 24.3 Å². The van der Waals surface area contributed by atoms with Crippen LogP contribution in [0.1, 0.15) is 35.8 Å². The zero-order valence-corrected chi connectivity index (χ0v) is 18.4. The Bertz CT molecular complexity index is 1180. The normalized spacial score (nSPS) is 13.5. The van der Waals surface area contributed by atoms with Gasteiger partial charge < -0.3 is 10.4 Å². The number of benzene rings is 2. The second-order valence-corrected chi connectivity index (χ2v) is 8.04. The molecule has 10 heteroatoms. The van der Waals surface area contributed by atoms with Crippen LogP contribution in [0.15, 0.2) is 48.7 Å². The van der Waals surface area contributed by atoms with E-state index in [-0.39, 0.29) is 25.0 Å². The maximum atomic E-state index is 14.2. The summed E-state index contributed by atoms with van der Waals surface area (Å²) in [5.41, 5.74) is 0.116. The molecule has 1 unspecified atom stereocenters. The summed E-state index contributed by atoms with van der Waals surface area (Å²) in [6.07, 6.45) is 1.46. The van der Waals surface area contributed by atoms with Crippen LogP contribution in [0.2, 0.25) is 5.02 Å². The van der Waals surface area contributed by atoms with E-state index >= 15 is 0 Å². The lowest BCUT2D eigenvalue weighted by molar-refractivity contribution is -0.146. The first-order valence-electron chi connectivity index (χ1n) is 10.1. The van der Waals surface area contributed by atoms with Gasteiger partial charge in [-0.05, 0) is 48.6 Å². The van der Waals surface area contributed by atoms with Gasteiger partial charge in [0.15, 0.2) is 11.1 Å². The highest BCUT2D eigenvalue weighted by atomic mass is 35.5. The first-order chi connectivity index (χ1) is 15.8. The Balaban J connectivity index is 1.86. The molecule has 3 N–H and O–H groups in total. The molecule has 1 amide bonds. The van der Waals surface area contributed by atoms with E-state index in [1.165, 1.54) is 24.4 Å². The van der Waals surface area contributed by atoms with E-state index in [0.717, 1.165) is 5.56 Å². The third kappa shape index (κ3) is 5.54. The van der Waals surface area contributed by atoms with Gasteiger partial charge in [-0.2, -0.15) is 20.7 Å². The number of hydrogen-bond acceptors (Lipinski definition) is 5. The number of carbonyl (C=O) groups excluding carboxylic acids is 1. The predicted molar refractivity (Wildman–Crippen MR) is 119 cm³/mol. The van der Waals surface area contributed by atoms with Gasteiger partial charge >= 0.3 is 5.97 Å². The lowest BCUT2D eigenvalue weighted by Crippen LogP contribution is -2.43. The number of hydrogen-bond donors (Lipinski definition) is 3. The van der Waals surface area contributed by atoms with Crippen LogP contribution in [0.5, 0.6) is 0 Å². The number of halogens is 2. The molecule has 8 nitrogen and oxygen atoms in total. The van der Waals surface area contributed by atoms with Crippen molar-refractivity contribution in [3.8, 4) is 17.2 Å². The molecule has 33 heavy (non-hydrogen) atoms. The number of aliphatic carboxylic acids is 1. The molecule has 0 aliphatic rings. The summed E-state index contributed by atoms with van der Waals surface area (Å²) in [5.74, 6) is -2.20. The Labute approximate surface area is 194 Å². The van der Waals surface area contributed by atoms with E-state index in [2.05, 4.69) is 20.7 Å². The van der Waals surface area contributed by atoms with Crippen LogP contribution in [0, 0.1) is 22.6 Å². The van der Waals surface area contributed by atoms with Gasteiger partial charge in [-0.25, -0.2) is 4.39 Å². The van der Waals surface area contributed by atoms with E-state index in [0.29, 0.717) is 16.1 Å². The molecule has 0 aliphatic carbocycles. The monoisotopic (exact) mass is 469 g/mol. The average molecular weight is 470 g/mol. The maximum absolute atomic E-state index is 14.2. The Kier molecular flexibility index (Phi) is 7.41. The van der Waals surface area contributed by atoms with Gasteiger partial charge in [0.05, 0.1) is 12.3 Å². The molecule has 1 aromatic heterocycles. The molecule has 0 aliphatic heterocycles. The zero-order valence-electron chi connectivity index (χ0n) is 17.7. The fourth-order valence-electron chi connectivity index (χ4n) is 3.54. The van der Waals surface area contributed by atoms with Crippen LogP contribution >= 0.6 is 11.6 Å². The average Bonchev–Trinajstić information content (AvgIpc) is 3.34. The van der Waals surface area contributed by atoms with Gasteiger partial charge in [-0.3, -0.25) is 9.59 Å². The lowest BCUT2D eigenvalue weighted by Gasteiger charge is -2.27. The molecule has 0 spiro atoms. The van der Waals surface area contributed by atoms with Crippen molar-refractivity contribution in [1.82, 2.24) is 20.7 Å². The topological polar surface area (TPSA) is 132 Å². The molecule has 170 valence electrons. The number of nitriles is 1. The Morgan fingerprint density at radius 3 is 2.61 bits per heavy atom. The molecule has 0 radical (unpaired) electrons. The number of aromatic nitrogens is 3. The molecule has 3 rings (SSSR count). The van der Waals surface area contributed by atoms with Crippen molar-refractivity contribution in [1.29, 1.82) is 5.26 Å². The zero-order chi connectivity index (χ0) is 24.0. The molecular formula is C23H21ClFN5O3. The summed E-state index contributed by atoms with van der Waals surface area (Å²) < 4.78 is 14.2. The number of carbonyl (C=O) groups is 2. The quantitative estimate of drug-likeness (QED) is 0.434. The maximum Gasteiger partial charge on any atom is 0.324 e. The molecule has 0 saturated carbocycles. The van der Waals surface area contributed by atoms with Gasteiger partial charge in [0, 0.05) is 16.6 Å². The van der Waals surface area contributed by atoms with E-state index < -0.39 is 29.2 Å². The number of H-pyrrole nitrogens is 1. The number of nitrogens with zero attached hydrogens (tertiary/aromatic N) is 3. The summed E-state index contributed by atoms with van der Waals surface area (Å²) in [7, 11) is 0. The van der Waals surface area contributed by atoms with E-state index in [1.807, 2.05) is 6.07 Å². The molecule has 2 aromatic carbocycles. The first kappa shape index (κ1) is 23.9. The Morgan fingerprint density at radius 1 is 1.30 bits per heavy atom. The highest BCUT2D eigenvalue weighted by molar-refractivity contribution is 6.30. The largest absolute Gasteiger partial charge is 0.480 e. The summed E-state index contributed by atoms with van der Waals surface area (Å²) in [6, 6.07) is 12.4. The minimum atomic E-state index is -1.66. The third-order valence-corrected chi connectivity index (χ3v) is 5.72. The van der Waals surface area contributed by atoms with Gasteiger partial charge in [0.1, 0.15) is 5.82 Å². The fourth-order valence-corrected chi connectivity index (χ4v) is 3.72. The van der Waals surface area contributed by atoms with Crippen molar-refractivity contribution in [3.05, 3.63) is 70.8 Å². The van der Waals surface area contributed by atoms with Crippen LogP contribution < -0.4 is 5.32 Å². The lowest BCUT2D eigenvalue weighted by atomic mass is 9.79. The van der Waals surface area contributed by atoms with Gasteiger partial charge in [-0.15, -0.1) is 0 Å². The first-order valence-corrected chi connectivity index (χ1v) is 10.5. The Morgan fingerprint density at radius 2 is 2.03 bits per heavy atom. The molecule has 1 heterocycles. The molecule has 0 saturated heterocycles. The second kappa shape index (κ2) is 10.2. The van der Waals surface area contributed by atoms with Crippen LogP contribution in [0.25, 0.3) is 11.1 Å². The minimum Gasteiger partial charge on any atom is -0.480 e. The van der Waals surface area contributed by atoms with Crippen molar-refractivity contribution in [3.63, 3.8) is 0 Å². The molecular weight excluding hydrogens is 449 g/mol. The number of amides is 1. The van der Waals surface area contributed by atoms with Crippen LogP contribution in [-0.4, -0.2) is 38.4 Å². The molecule has 3 aromatic rings. The van der Waals surface area contributed by atoms with Crippen LogP contribution in [0.4, 0.5) is 4.39 Å². The van der Waals surface area contributed by atoms with Crippen molar-refractivity contribution in [2.24, 2.45) is 5.41 Å². The summed E-state index contributed by atoms with van der Waals surface area (Å²) >= 11 is 5.98. The van der Waals surface area contributed by atoms with Crippen molar-refractivity contribution in [2.75, 3.05) is 0 Å². The van der Waals surface area contributed by atoms with Crippen LogP contribution in [-0.2, 0) is 11.2 Å². The van der Waals surface area contributed by atoms with E-state index in [4.69, 9.17) is 11.6 Å². The smallest absolute Gasteiger partial charge is 0.324 e. The van der Waals surface area contributed by atoms with Crippen molar-refractivity contribution in [2.45, 2.75) is 32.2 Å². The summed E-state index contributed by atoms with van der Waals surface area (Å²) in [5, 5.41) is 32.1. The highest BCUT2D eigenvalue weighted by Crippen LogP contribution is 2.30. The molecule has 2 atom stereocenters. The molecule has 0 bridgehead atoms. The van der Waals surface area contributed by atoms with Gasteiger partial charge in [0.25, 0.3) is 5.91 Å². The van der Waals surface area contributed by atoms with Crippen LogP contribution in [0.3, 0.4) is 0 Å². The van der Waals surface area contributed by atoms with Crippen molar-refractivity contribution >= 4 is 23.5 Å². The van der Waals surface area contributed by atoms with Gasteiger partial charge in [-0.1, -0.05) is 42.8 Å². The standard InChI is InChI=1S/C23H21ClFN5O3/c1-2-23(13-26,22(32)33)11-17(28-21(31)20-12-27-30-29-20)9-14-3-5-15(6-4-14)18-10-16(24)7-8-19(18)25/h3-8,10,12,17H,2,9,11H2,1H3,(H,28,31)(H,32,33)(H,27,29,30)/t17?,23-/m1/s1. The summed E-state index contributed by atoms with van der Waals surface area (Å²) in [6.45, 7) is 1.61. The SMILES string of the molecule is CC[C@](C#N)(CC(Cc1ccc(-c2cc(Cl)ccc2F)cc1)NC(=O)c1cn[nH]n1)C(=O)O. The number of nitrogens with one attached hydrogen (secondary N) is 2. The number of aromatic amines is 1. The highest BCUT2D eigenvalue weighted by Gasteiger charge is 2.40. The van der Waals surface area contributed by atoms with Gasteiger partial charge in [0.2, 0.25) is 0 Å². The third-order valence-electron chi connectivity index (χ3n) is 5.48. The number of carboxylic acid groups (broad SMARTS) is 1. The Hall–Kier alpha value is -3.77.